The summed E-state index contributed by atoms with van der Waals surface area (Å²) in [4.78, 5) is 16.4. The highest BCUT2D eigenvalue weighted by molar-refractivity contribution is 5.75. The molecule has 0 unspecified atom stereocenters. The standard InChI is InChI=1S/C17H23N5O/c23-16(5-4-14-6-10-18-11-7-14)20-13-15-3-1-8-19-17(15)22-12-2-9-21-22/h1-3,8-9,12,14,18H,4-7,10-11,13H2,(H,20,23). The molecule has 23 heavy (non-hydrogen) atoms. The van der Waals surface area contributed by atoms with E-state index in [0.717, 1.165) is 30.9 Å². The van der Waals surface area contributed by atoms with Gasteiger partial charge in [0.15, 0.2) is 5.82 Å². The first-order chi connectivity index (χ1) is 11.3. The van der Waals surface area contributed by atoms with Crippen molar-refractivity contribution in [3.8, 4) is 5.82 Å². The molecule has 1 amide bonds. The average Bonchev–Trinajstić information content (AvgIpc) is 3.14. The van der Waals surface area contributed by atoms with Gasteiger partial charge in [0.25, 0.3) is 0 Å². The van der Waals surface area contributed by atoms with Gasteiger partial charge in [0, 0.05) is 37.1 Å². The molecule has 0 aromatic carbocycles. The van der Waals surface area contributed by atoms with Crippen molar-refractivity contribution in [2.45, 2.75) is 32.2 Å². The van der Waals surface area contributed by atoms with Crippen molar-refractivity contribution in [1.82, 2.24) is 25.4 Å². The van der Waals surface area contributed by atoms with Gasteiger partial charge in [-0.2, -0.15) is 5.10 Å². The zero-order valence-electron chi connectivity index (χ0n) is 13.2. The molecule has 6 nitrogen and oxygen atoms in total. The van der Waals surface area contributed by atoms with Crippen molar-refractivity contribution in [2.24, 2.45) is 5.92 Å². The van der Waals surface area contributed by atoms with Crippen LogP contribution in [0.5, 0.6) is 0 Å². The Kier molecular flexibility index (Phi) is 5.37. The summed E-state index contributed by atoms with van der Waals surface area (Å²) < 4.78 is 1.72. The van der Waals surface area contributed by atoms with Crippen LogP contribution in [0.1, 0.15) is 31.2 Å². The van der Waals surface area contributed by atoms with Crippen LogP contribution in [0, 0.1) is 5.92 Å². The maximum Gasteiger partial charge on any atom is 0.220 e. The molecule has 2 aromatic rings. The predicted octanol–water partition coefficient (Wildman–Crippen LogP) is 1.66. The summed E-state index contributed by atoms with van der Waals surface area (Å²) in [6.07, 6.45) is 9.24. The van der Waals surface area contributed by atoms with Crippen molar-refractivity contribution in [3.63, 3.8) is 0 Å². The van der Waals surface area contributed by atoms with E-state index in [1.807, 2.05) is 24.4 Å². The van der Waals surface area contributed by atoms with Crippen LogP contribution in [0.2, 0.25) is 0 Å². The van der Waals surface area contributed by atoms with Crippen LogP contribution in [0.15, 0.2) is 36.8 Å². The fraction of sp³-hybridized carbons (Fsp3) is 0.471. The average molecular weight is 313 g/mol. The van der Waals surface area contributed by atoms with Gasteiger partial charge in [0.2, 0.25) is 5.91 Å². The molecule has 3 rings (SSSR count). The highest BCUT2D eigenvalue weighted by atomic mass is 16.1. The van der Waals surface area contributed by atoms with Gasteiger partial charge in [0.05, 0.1) is 0 Å². The second kappa shape index (κ2) is 7.87. The Morgan fingerprint density at radius 3 is 2.96 bits per heavy atom. The summed E-state index contributed by atoms with van der Waals surface area (Å²) in [6, 6.07) is 5.71. The summed E-state index contributed by atoms with van der Waals surface area (Å²) in [5, 5.41) is 10.6. The molecule has 0 saturated carbocycles. The topological polar surface area (TPSA) is 71.8 Å². The van der Waals surface area contributed by atoms with E-state index in [4.69, 9.17) is 0 Å². The molecule has 0 aliphatic carbocycles. The molecular weight excluding hydrogens is 290 g/mol. The summed E-state index contributed by atoms with van der Waals surface area (Å²) >= 11 is 0. The van der Waals surface area contributed by atoms with Crippen LogP contribution >= 0.6 is 0 Å². The van der Waals surface area contributed by atoms with E-state index >= 15 is 0 Å². The predicted molar refractivity (Wildman–Crippen MR) is 88.0 cm³/mol. The SMILES string of the molecule is O=C(CCC1CCNCC1)NCc1cccnc1-n1cccn1. The van der Waals surface area contributed by atoms with Gasteiger partial charge >= 0.3 is 0 Å². The van der Waals surface area contributed by atoms with E-state index in [-0.39, 0.29) is 5.91 Å². The van der Waals surface area contributed by atoms with Crippen molar-refractivity contribution in [1.29, 1.82) is 0 Å². The normalized spacial score (nSPS) is 15.5. The van der Waals surface area contributed by atoms with Gasteiger partial charge in [-0.1, -0.05) is 6.07 Å². The zero-order chi connectivity index (χ0) is 15.9. The minimum Gasteiger partial charge on any atom is -0.352 e. The number of nitrogens with one attached hydrogen (secondary N) is 2. The van der Waals surface area contributed by atoms with Crippen molar-refractivity contribution >= 4 is 5.91 Å². The number of hydrogen-bond acceptors (Lipinski definition) is 4. The maximum absolute atomic E-state index is 12.1. The summed E-state index contributed by atoms with van der Waals surface area (Å²) in [5.74, 6) is 1.55. The molecule has 1 fully saturated rings. The van der Waals surface area contributed by atoms with Crippen LogP contribution in [0.3, 0.4) is 0 Å². The molecule has 1 saturated heterocycles. The lowest BCUT2D eigenvalue weighted by molar-refractivity contribution is -0.121. The van der Waals surface area contributed by atoms with E-state index in [2.05, 4.69) is 20.7 Å². The third-order valence-electron chi connectivity index (χ3n) is 4.30. The molecule has 0 bridgehead atoms. The van der Waals surface area contributed by atoms with Crippen LogP contribution in [0.25, 0.3) is 5.82 Å². The molecule has 6 heteroatoms. The Bertz CT molecular complexity index is 620. The first-order valence-electron chi connectivity index (χ1n) is 8.24. The lowest BCUT2D eigenvalue weighted by atomic mass is 9.93. The molecule has 2 aromatic heterocycles. The largest absolute Gasteiger partial charge is 0.352 e. The Morgan fingerprint density at radius 2 is 2.17 bits per heavy atom. The number of hydrogen-bond donors (Lipinski definition) is 2. The third-order valence-corrected chi connectivity index (χ3v) is 4.30. The van der Waals surface area contributed by atoms with Crippen molar-refractivity contribution in [3.05, 3.63) is 42.4 Å². The summed E-state index contributed by atoms with van der Waals surface area (Å²) in [5.41, 5.74) is 0.964. The number of nitrogens with zero attached hydrogens (tertiary/aromatic N) is 3. The number of piperidine rings is 1. The van der Waals surface area contributed by atoms with E-state index in [1.165, 1.54) is 12.8 Å². The minimum atomic E-state index is 0.110. The van der Waals surface area contributed by atoms with Crippen LogP contribution in [-0.4, -0.2) is 33.8 Å². The molecule has 3 heterocycles. The van der Waals surface area contributed by atoms with Gasteiger partial charge in [-0.15, -0.1) is 0 Å². The highest BCUT2D eigenvalue weighted by Gasteiger charge is 2.14. The Balaban J connectivity index is 1.51. The zero-order valence-corrected chi connectivity index (χ0v) is 13.2. The Labute approximate surface area is 136 Å². The fourth-order valence-corrected chi connectivity index (χ4v) is 2.96. The third kappa shape index (κ3) is 4.39. The molecule has 0 radical (unpaired) electrons. The molecule has 1 aliphatic rings. The monoisotopic (exact) mass is 313 g/mol. The van der Waals surface area contributed by atoms with E-state index in [0.29, 0.717) is 18.9 Å². The van der Waals surface area contributed by atoms with E-state index in [1.54, 1.807) is 17.1 Å². The number of pyridine rings is 1. The first-order valence-corrected chi connectivity index (χ1v) is 8.24. The van der Waals surface area contributed by atoms with Crippen molar-refractivity contribution in [2.75, 3.05) is 13.1 Å². The lowest BCUT2D eigenvalue weighted by Gasteiger charge is -2.22. The molecule has 2 N–H and O–H groups in total. The van der Waals surface area contributed by atoms with Gasteiger partial charge in [0.1, 0.15) is 0 Å². The van der Waals surface area contributed by atoms with E-state index < -0.39 is 0 Å². The molecule has 1 aliphatic heterocycles. The highest BCUT2D eigenvalue weighted by Crippen LogP contribution is 2.17. The molecule has 0 spiro atoms. The van der Waals surface area contributed by atoms with Gasteiger partial charge in [-0.25, -0.2) is 9.67 Å². The first kappa shape index (κ1) is 15.7. The van der Waals surface area contributed by atoms with Crippen LogP contribution in [-0.2, 0) is 11.3 Å². The summed E-state index contributed by atoms with van der Waals surface area (Å²) in [6.45, 7) is 2.64. The number of amides is 1. The fourth-order valence-electron chi connectivity index (χ4n) is 2.96. The molecule has 0 atom stereocenters. The second-order valence-electron chi connectivity index (χ2n) is 5.95. The van der Waals surface area contributed by atoms with Crippen molar-refractivity contribution < 1.29 is 4.79 Å². The van der Waals surface area contributed by atoms with Gasteiger partial charge in [-0.3, -0.25) is 4.79 Å². The lowest BCUT2D eigenvalue weighted by Crippen LogP contribution is -2.29. The number of rotatable bonds is 6. The summed E-state index contributed by atoms with van der Waals surface area (Å²) in [7, 11) is 0. The van der Waals surface area contributed by atoms with Crippen LogP contribution < -0.4 is 10.6 Å². The molecule has 122 valence electrons. The Hall–Kier alpha value is -2.21. The maximum atomic E-state index is 12.1. The van der Waals surface area contributed by atoms with E-state index in [9.17, 15) is 4.79 Å². The number of carbonyl (C=O) groups excluding carboxylic acids is 1. The minimum absolute atomic E-state index is 0.110. The van der Waals surface area contributed by atoms with Crippen LogP contribution in [0.4, 0.5) is 0 Å². The second-order valence-corrected chi connectivity index (χ2v) is 5.95. The quantitative estimate of drug-likeness (QED) is 0.851. The smallest absolute Gasteiger partial charge is 0.220 e. The number of aromatic nitrogens is 3. The van der Waals surface area contributed by atoms with Gasteiger partial charge < -0.3 is 10.6 Å². The van der Waals surface area contributed by atoms with Gasteiger partial charge in [-0.05, 0) is 50.4 Å². The molecular formula is C17H23N5O. The number of carbonyl (C=O) groups is 1. The Morgan fingerprint density at radius 1 is 1.30 bits per heavy atom.